The van der Waals surface area contributed by atoms with Crippen molar-refractivity contribution in [2.75, 3.05) is 19.8 Å². The maximum absolute atomic E-state index is 6.71. The van der Waals surface area contributed by atoms with E-state index >= 15 is 0 Å². The molecule has 0 amide bonds. The van der Waals surface area contributed by atoms with E-state index in [0.29, 0.717) is 29.9 Å². The number of ether oxygens (including phenoxy) is 3. The normalized spacial score (nSPS) is 26.4. The Morgan fingerprint density at radius 2 is 1.90 bits per heavy atom. The van der Waals surface area contributed by atoms with Gasteiger partial charge >= 0.3 is 0 Å². The summed E-state index contributed by atoms with van der Waals surface area (Å²) in [5, 5.41) is 0.475. The second-order valence-electron chi connectivity index (χ2n) is 5.54. The predicted molar refractivity (Wildman–Crippen MR) is 83.8 cm³/mol. The molecule has 0 aromatic heterocycles. The summed E-state index contributed by atoms with van der Waals surface area (Å²) >= 11 is 13.1. The Bertz CT molecular complexity index is 507. The third kappa shape index (κ3) is 3.10. The summed E-state index contributed by atoms with van der Waals surface area (Å²) in [6, 6.07) is 3.76. The van der Waals surface area contributed by atoms with Gasteiger partial charge in [0.15, 0.2) is 11.5 Å². The minimum Gasteiger partial charge on any atom is -0.490 e. The fourth-order valence-electron chi connectivity index (χ4n) is 3.06. The van der Waals surface area contributed by atoms with Crippen LogP contribution in [0.25, 0.3) is 0 Å². The fraction of sp³-hybridized carbons (Fsp3) is 0.625. The van der Waals surface area contributed by atoms with Gasteiger partial charge < -0.3 is 14.2 Å². The topological polar surface area (TPSA) is 27.7 Å². The summed E-state index contributed by atoms with van der Waals surface area (Å²) in [6.45, 7) is 4.21. The van der Waals surface area contributed by atoms with Crippen LogP contribution in [-0.2, 0) is 4.74 Å². The summed E-state index contributed by atoms with van der Waals surface area (Å²) in [7, 11) is 0. The summed E-state index contributed by atoms with van der Waals surface area (Å²) < 4.78 is 17.1. The molecule has 0 radical (unpaired) electrons. The number of hydrogen-bond acceptors (Lipinski definition) is 3. The van der Waals surface area contributed by atoms with E-state index in [-0.39, 0.29) is 11.5 Å². The van der Waals surface area contributed by atoms with Crippen LogP contribution in [0.5, 0.6) is 11.5 Å². The summed E-state index contributed by atoms with van der Waals surface area (Å²) in [6.07, 6.45) is 3.02. The molecule has 0 saturated carbocycles. The highest BCUT2D eigenvalue weighted by molar-refractivity contribution is 6.33. The lowest BCUT2D eigenvalue weighted by Gasteiger charge is -2.24. The van der Waals surface area contributed by atoms with Crippen molar-refractivity contribution < 1.29 is 14.2 Å². The summed E-state index contributed by atoms with van der Waals surface area (Å²) in [4.78, 5) is 0. The van der Waals surface area contributed by atoms with Gasteiger partial charge in [0.2, 0.25) is 0 Å². The van der Waals surface area contributed by atoms with Crippen molar-refractivity contribution in [1.29, 1.82) is 0 Å². The zero-order valence-corrected chi connectivity index (χ0v) is 13.6. The molecule has 3 nitrogen and oxygen atoms in total. The van der Waals surface area contributed by atoms with Crippen molar-refractivity contribution >= 4 is 23.2 Å². The minimum atomic E-state index is -0.165. The van der Waals surface area contributed by atoms with Gasteiger partial charge in [0.05, 0.1) is 24.7 Å². The molecule has 1 aromatic carbocycles. The number of rotatable bonds is 3. The highest BCUT2D eigenvalue weighted by Crippen LogP contribution is 2.45. The van der Waals surface area contributed by atoms with Crippen molar-refractivity contribution in [3.63, 3.8) is 0 Å². The summed E-state index contributed by atoms with van der Waals surface area (Å²) in [5.74, 6) is 1.74. The fourth-order valence-corrected chi connectivity index (χ4v) is 3.86. The maximum atomic E-state index is 6.71. The minimum absolute atomic E-state index is 0.165. The third-order valence-corrected chi connectivity index (χ3v) is 5.09. The van der Waals surface area contributed by atoms with E-state index in [4.69, 9.17) is 37.4 Å². The monoisotopic (exact) mass is 330 g/mol. The van der Waals surface area contributed by atoms with Crippen molar-refractivity contribution in [3.8, 4) is 11.5 Å². The van der Waals surface area contributed by atoms with Crippen molar-refractivity contribution in [2.45, 2.75) is 37.7 Å². The number of fused-ring (bicyclic) bond motifs is 1. The van der Waals surface area contributed by atoms with Gasteiger partial charge in [-0.2, -0.15) is 0 Å². The van der Waals surface area contributed by atoms with Crippen LogP contribution in [0, 0.1) is 5.92 Å². The average Bonchev–Trinajstić information content (AvgIpc) is 2.85. The largest absolute Gasteiger partial charge is 0.490 e. The molecule has 2 aliphatic heterocycles. The maximum Gasteiger partial charge on any atom is 0.162 e. The molecular formula is C16H20Cl2O3. The van der Waals surface area contributed by atoms with Gasteiger partial charge in [-0.25, -0.2) is 0 Å². The highest BCUT2D eigenvalue weighted by atomic mass is 35.5. The number of halogens is 2. The van der Waals surface area contributed by atoms with Crippen molar-refractivity contribution in [1.82, 2.24) is 0 Å². The Balaban J connectivity index is 1.89. The van der Waals surface area contributed by atoms with Crippen LogP contribution in [0.4, 0.5) is 0 Å². The molecule has 2 heterocycles. The molecule has 0 aliphatic carbocycles. The predicted octanol–water partition coefficient (Wildman–Crippen LogP) is 4.60. The average molecular weight is 331 g/mol. The van der Waals surface area contributed by atoms with E-state index in [1.165, 1.54) is 0 Å². The lowest BCUT2D eigenvalue weighted by molar-refractivity contribution is 0.0864. The zero-order valence-electron chi connectivity index (χ0n) is 12.1. The van der Waals surface area contributed by atoms with E-state index in [1.54, 1.807) is 0 Å². The quantitative estimate of drug-likeness (QED) is 0.758. The van der Waals surface area contributed by atoms with Crippen molar-refractivity contribution in [2.24, 2.45) is 5.92 Å². The van der Waals surface area contributed by atoms with Gasteiger partial charge in [0.1, 0.15) is 0 Å². The number of hydrogen-bond donors (Lipinski definition) is 0. The molecule has 2 aliphatic rings. The van der Waals surface area contributed by atoms with Gasteiger partial charge in [-0.1, -0.05) is 18.5 Å². The third-order valence-electron chi connectivity index (χ3n) is 4.20. The van der Waals surface area contributed by atoms with Crippen LogP contribution in [0.2, 0.25) is 5.02 Å². The van der Waals surface area contributed by atoms with Gasteiger partial charge in [-0.15, -0.1) is 11.6 Å². The van der Waals surface area contributed by atoms with Gasteiger partial charge in [0.25, 0.3) is 0 Å². The second-order valence-corrected chi connectivity index (χ2v) is 6.42. The molecule has 1 aromatic rings. The first-order valence-electron chi connectivity index (χ1n) is 7.55. The zero-order chi connectivity index (χ0) is 14.8. The standard InChI is InChI=1S/C16H20Cl2O3/c1-2-13-10(4-7-21-13)16(18)11-8-14-15(9-12(11)17)20-6-3-5-19-14/h8-10,13,16H,2-7H2,1H3. The Labute approximate surface area is 135 Å². The molecule has 116 valence electrons. The Hall–Kier alpha value is -0.640. The van der Waals surface area contributed by atoms with Crippen LogP contribution < -0.4 is 9.47 Å². The molecule has 1 saturated heterocycles. The molecule has 3 atom stereocenters. The van der Waals surface area contributed by atoms with E-state index < -0.39 is 0 Å². The second kappa shape index (κ2) is 6.64. The Morgan fingerprint density at radius 1 is 1.19 bits per heavy atom. The Kier molecular flexibility index (Phi) is 4.82. The molecule has 0 N–H and O–H groups in total. The lowest BCUT2D eigenvalue weighted by atomic mass is 9.91. The molecule has 3 unspecified atom stereocenters. The van der Waals surface area contributed by atoms with Gasteiger partial charge in [-0.3, -0.25) is 0 Å². The SMILES string of the molecule is CCC1OCCC1C(Cl)c1cc2c(cc1Cl)OCCCO2. The molecule has 3 rings (SSSR count). The smallest absolute Gasteiger partial charge is 0.162 e. The first kappa shape index (κ1) is 15.3. The van der Waals surface area contributed by atoms with E-state index in [1.807, 2.05) is 12.1 Å². The van der Waals surface area contributed by atoms with E-state index in [0.717, 1.165) is 37.2 Å². The first-order chi connectivity index (χ1) is 10.2. The van der Waals surface area contributed by atoms with Crippen LogP contribution in [0.3, 0.4) is 0 Å². The van der Waals surface area contributed by atoms with Crippen LogP contribution in [-0.4, -0.2) is 25.9 Å². The molecule has 5 heteroatoms. The molecular weight excluding hydrogens is 311 g/mol. The molecule has 21 heavy (non-hydrogen) atoms. The molecule has 1 fully saturated rings. The van der Waals surface area contributed by atoms with Crippen LogP contribution in [0.1, 0.15) is 37.1 Å². The highest BCUT2D eigenvalue weighted by Gasteiger charge is 2.35. The van der Waals surface area contributed by atoms with E-state index in [2.05, 4.69) is 6.92 Å². The van der Waals surface area contributed by atoms with Gasteiger partial charge in [0, 0.05) is 30.0 Å². The summed E-state index contributed by atoms with van der Waals surface area (Å²) in [5.41, 5.74) is 0.913. The Morgan fingerprint density at radius 3 is 2.62 bits per heavy atom. The van der Waals surface area contributed by atoms with Crippen molar-refractivity contribution in [3.05, 3.63) is 22.7 Å². The molecule has 0 spiro atoms. The number of benzene rings is 1. The number of alkyl halides is 1. The lowest BCUT2D eigenvalue weighted by Crippen LogP contribution is -2.19. The van der Waals surface area contributed by atoms with Crippen LogP contribution >= 0.6 is 23.2 Å². The van der Waals surface area contributed by atoms with Crippen LogP contribution in [0.15, 0.2) is 12.1 Å². The van der Waals surface area contributed by atoms with E-state index in [9.17, 15) is 0 Å². The first-order valence-corrected chi connectivity index (χ1v) is 8.37. The molecule has 0 bridgehead atoms. The van der Waals surface area contributed by atoms with Gasteiger partial charge in [-0.05, 0) is 24.5 Å².